The van der Waals surface area contributed by atoms with Crippen molar-refractivity contribution in [2.45, 2.75) is 120 Å². The minimum Gasteiger partial charge on any atom is -0.507 e. The molecule has 4 rings (SSSR count). The van der Waals surface area contributed by atoms with E-state index in [1.54, 1.807) is 18.2 Å². The van der Waals surface area contributed by atoms with Gasteiger partial charge in [-0.3, -0.25) is 0 Å². The van der Waals surface area contributed by atoms with Crippen molar-refractivity contribution in [2.24, 2.45) is 0 Å². The summed E-state index contributed by atoms with van der Waals surface area (Å²) in [4.78, 5) is 28.2. The van der Waals surface area contributed by atoms with E-state index in [4.69, 9.17) is 9.47 Å². The molecule has 0 bridgehead atoms. The molecule has 0 fully saturated rings. The quantitative estimate of drug-likeness (QED) is 0.170. The van der Waals surface area contributed by atoms with Crippen LogP contribution in [0.5, 0.6) is 17.2 Å². The molecule has 5 heteroatoms. The predicted octanol–water partition coefficient (Wildman–Crippen LogP) is 11.2. The van der Waals surface area contributed by atoms with Crippen LogP contribution in [0.4, 0.5) is 0 Å². The SMILES string of the molecule is Cc1cc(C)c(OC(=O)c2cc(C(=O)Oc3c(C)cc(C)cc3C(C)(C)C)cc(-c3c(C)cc(C(C)(C)C)c(O)c3C)c2)c(C(C)(C)C)c1. The summed E-state index contributed by atoms with van der Waals surface area (Å²) < 4.78 is 12.4. The summed E-state index contributed by atoms with van der Waals surface area (Å²) in [7, 11) is 0. The molecule has 0 atom stereocenters. The molecule has 0 heterocycles. The Labute approximate surface area is 293 Å². The van der Waals surface area contributed by atoms with Crippen LogP contribution < -0.4 is 9.47 Å². The molecule has 260 valence electrons. The number of carbonyl (C=O) groups excluding carboxylic acids is 2. The van der Waals surface area contributed by atoms with Gasteiger partial charge >= 0.3 is 11.9 Å². The lowest BCUT2D eigenvalue weighted by Crippen LogP contribution is -2.19. The smallest absolute Gasteiger partial charge is 0.343 e. The van der Waals surface area contributed by atoms with Crippen LogP contribution in [0.25, 0.3) is 11.1 Å². The number of aryl methyl sites for hydroxylation is 5. The summed E-state index contributed by atoms with van der Waals surface area (Å²) in [5.74, 6) is 0.0621. The van der Waals surface area contributed by atoms with Crippen molar-refractivity contribution in [1.29, 1.82) is 0 Å². The largest absolute Gasteiger partial charge is 0.507 e. The fourth-order valence-electron chi connectivity index (χ4n) is 6.59. The highest BCUT2D eigenvalue weighted by Crippen LogP contribution is 2.42. The van der Waals surface area contributed by atoms with Crippen molar-refractivity contribution in [3.05, 3.63) is 110 Å². The zero-order chi connectivity index (χ0) is 37.0. The Kier molecular flexibility index (Phi) is 10.0. The number of carbonyl (C=O) groups is 2. The third kappa shape index (κ3) is 7.93. The van der Waals surface area contributed by atoms with Crippen molar-refractivity contribution in [3.8, 4) is 28.4 Å². The van der Waals surface area contributed by atoms with Gasteiger partial charge < -0.3 is 14.6 Å². The fourth-order valence-corrected chi connectivity index (χ4v) is 6.59. The van der Waals surface area contributed by atoms with Crippen molar-refractivity contribution >= 4 is 11.9 Å². The average Bonchev–Trinajstić information content (AvgIpc) is 2.95. The van der Waals surface area contributed by atoms with Gasteiger partial charge in [-0.15, -0.1) is 0 Å². The molecule has 0 aliphatic heterocycles. The number of hydrogen-bond donors (Lipinski definition) is 1. The highest BCUT2D eigenvalue weighted by atomic mass is 16.5. The average molecular weight is 663 g/mol. The lowest BCUT2D eigenvalue weighted by Gasteiger charge is -2.25. The number of aromatic hydroxyl groups is 1. The molecule has 0 aromatic heterocycles. The second kappa shape index (κ2) is 13.2. The van der Waals surface area contributed by atoms with Gasteiger partial charge in [-0.25, -0.2) is 9.59 Å². The van der Waals surface area contributed by atoms with E-state index in [1.807, 2.05) is 59.7 Å². The van der Waals surface area contributed by atoms with E-state index < -0.39 is 11.9 Å². The molecule has 0 unspecified atom stereocenters. The summed E-state index contributed by atoms with van der Waals surface area (Å²) in [5.41, 5.74) is 9.07. The number of phenols is 1. The first-order valence-electron chi connectivity index (χ1n) is 17.1. The van der Waals surface area contributed by atoms with Gasteiger partial charge in [0.2, 0.25) is 0 Å². The topological polar surface area (TPSA) is 72.8 Å². The Balaban J connectivity index is 1.94. The van der Waals surface area contributed by atoms with E-state index in [1.165, 1.54) is 0 Å². The second-order valence-electron chi connectivity index (χ2n) is 16.8. The highest BCUT2D eigenvalue weighted by molar-refractivity contribution is 5.99. The van der Waals surface area contributed by atoms with Crippen molar-refractivity contribution < 1.29 is 24.2 Å². The molecule has 1 N–H and O–H groups in total. The lowest BCUT2D eigenvalue weighted by molar-refractivity contribution is 0.0730. The van der Waals surface area contributed by atoms with E-state index in [0.717, 1.165) is 50.1 Å². The Morgan fingerprint density at radius 3 is 1.27 bits per heavy atom. The summed E-state index contributed by atoms with van der Waals surface area (Å²) in [6.45, 7) is 30.5. The van der Waals surface area contributed by atoms with Crippen LogP contribution in [0.15, 0.2) is 48.5 Å². The van der Waals surface area contributed by atoms with Crippen LogP contribution in [0.3, 0.4) is 0 Å². The third-order valence-electron chi connectivity index (χ3n) is 9.09. The van der Waals surface area contributed by atoms with E-state index >= 15 is 0 Å². The molecule has 4 aromatic carbocycles. The summed E-state index contributed by atoms with van der Waals surface area (Å²) >= 11 is 0. The monoisotopic (exact) mass is 662 g/mol. The van der Waals surface area contributed by atoms with Crippen LogP contribution in [0.2, 0.25) is 0 Å². The molecule has 0 aliphatic rings. The highest BCUT2D eigenvalue weighted by Gasteiger charge is 2.28. The van der Waals surface area contributed by atoms with Crippen LogP contribution in [-0.4, -0.2) is 17.0 Å². The summed E-state index contributed by atoms with van der Waals surface area (Å²) in [6.07, 6.45) is 0. The van der Waals surface area contributed by atoms with Gasteiger partial charge in [0, 0.05) is 11.1 Å². The molecule has 0 saturated heterocycles. The van der Waals surface area contributed by atoms with E-state index in [0.29, 0.717) is 22.6 Å². The van der Waals surface area contributed by atoms with E-state index in [-0.39, 0.29) is 33.1 Å². The van der Waals surface area contributed by atoms with E-state index in [2.05, 4.69) is 74.4 Å². The zero-order valence-electron chi connectivity index (χ0n) is 32.2. The Bertz CT molecular complexity index is 1850. The number of ether oxygens (including phenoxy) is 2. The number of esters is 2. The first kappa shape index (κ1) is 37.4. The Hall–Kier alpha value is -4.38. The van der Waals surface area contributed by atoms with Crippen LogP contribution in [0, 0.1) is 41.5 Å². The Morgan fingerprint density at radius 2 is 0.898 bits per heavy atom. The maximum Gasteiger partial charge on any atom is 0.343 e. The maximum atomic E-state index is 14.1. The standard InChI is InChI=1S/C44H54O5/c1-24-16-27(4)38(34(18-24)43(10,11)12)48-40(46)31-21-30(36-26(3)20-33(42(7,8)9)37(45)29(36)6)22-32(23-31)41(47)49-39-28(5)17-25(2)19-35(39)44(13,14)15/h16-23,45H,1-15H3. The minimum absolute atomic E-state index is 0.195. The van der Waals surface area contributed by atoms with Gasteiger partial charge in [-0.05, 0) is 115 Å². The molecule has 49 heavy (non-hydrogen) atoms. The zero-order valence-corrected chi connectivity index (χ0v) is 32.2. The normalized spacial score (nSPS) is 12.2. The van der Waals surface area contributed by atoms with Crippen LogP contribution >= 0.6 is 0 Å². The van der Waals surface area contributed by atoms with Gasteiger partial charge in [0.25, 0.3) is 0 Å². The number of rotatable bonds is 5. The maximum absolute atomic E-state index is 14.1. The van der Waals surface area contributed by atoms with Gasteiger partial charge in [-0.2, -0.15) is 0 Å². The van der Waals surface area contributed by atoms with Crippen molar-refractivity contribution in [2.75, 3.05) is 0 Å². The number of hydrogen-bond acceptors (Lipinski definition) is 5. The van der Waals surface area contributed by atoms with Gasteiger partial charge in [0.05, 0.1) is 11.1 Å². The minimum atomic E-state index is -0.582. The Morgan fingerprint density at radius 1 is 0.510 bits per heavy atom. The first-order chi connectivity index (χ1) is 22.4. The first-order valence-corrected chi connectivity index (χ1v) is 17.1. The molecule has 0 aliphatic carbocycles. The summed E-state index contributed by atoms with van der Waals surface area (Å²) in [5, 5.41) is 11.4. The number of phenolic OH excluding ortho intramolecular Hbond substituents is 1. The van der Waals surface area contributed by atoms with Crippen LogP contribution in [-0.2, 0) is 16.2 Å². The van der Waals surface area contributed by atoms with Crippen LogP contribution in [0.1, 0.15) is 133 Å². The lowest BCUT2D eigenvalue weighted by atomic mass is 9.81. The molecule has 0 amide bonds. The van der Waals surface area contributed by atoms with Gasteiger partial charge in [0.15, 0.2) is 0 Å². The van der Waals surface area contributed by atoms with Crippen molar-refractivity contribution in [3.63, 3.8) is 0 Å². The van der Waals surface area contributed by atoms with Gasteiger partial charge in [-0.1, -0.05) is 104 Å². The predicted molar refractivity (Wildman–Crippen MR) is 201 cm³/mol. The summed E-state index contributed by atoms with van der Waals surface area (Å²) in [6, 6.07) is 15.1. The molecule has 5 nitrogen and oxygen atoms in total. The van der Waals surface area contributed by atoms with Gasteiger partial charge in [0.1, 0.15) is 17.2 Å². The molecule has 0 spiro atoms. The molecule has 0 radical (unpaired) electrons. The van der Waals surface area contributed by atoms with E-state index in [9.17, 15) is 14.7 Å². The number of benzene rings is 4. The third-order valence-corrected chi connectivity index (χ3v) is 9.09. The van der Waals surface area contributed by atoms with Crippen molar-refractivity contribution in [1.82, 2.24) is 0 Å². The molecule has 0 saturated carbocycles. The molecular formula is C44H54O5. The second-order valence-corrected chi connectivity index (χ2v) is 16.8. The molecule has 4 aromatic rings. The molecular weight excluding hydrogens is 608 g/mol. The fraction of sp³-hybridized carbons (Fsp3) is 0.409.